The van der Waals surface area contributed by atoms with E-state index in [2.05, 4.69) is 274 Å². The molecule has 0 aliphatic rings. The van der Waals surface area contributed by atoms with E-state index in [0.717, 1.165) is 45.5 Å². The van der Waals surface area contributed by atoms with Gasteiger partial charge in [-0.2, -0.15) is 0 Å². The van der Waals surface area contributed by atoms with Crippen LogP contribution in [-0.2, 0) is 0 Å². The molecule has 0 aliphatic heterocycles. The minimum Gasteiger partial charge on any atom is -0.309 e. The number of hydrogen-bond acceptors (Lipinski definition) is 2. The fourth-order valence-electron chi connectivity index (χ4n) is 11.8. The SMILES string of the molecule is c1ccc(-n2c3cccc4ccc5c(N(c6cccc(N(c7cccc8ccccc78)c7ccc8c9c7ccc7cccc(c79)n8-c7ccccc7)c6)c6cccc7ccccc67)ccc2c5c43)cc1. The van der Waals surface area contributed by atoms with E-state index in [1.165, 1.54) is 86.7 Å². The molecule has 0 saturated carbocycles. The summed E-state index contributed by atoms with van der Waals surface area (Å²) >= 11 is 0. The highest BCUT2D eigenvalue weighted by Gasteiger charge is 2.27. The quantitative estimate of drug-likeness (QED) is 0.141. The largest absolute Gasteiger partial charge is 0.309 e. The second-order valence-corrected chi connectivity index (χ2v) is 18.5. The van der Waals surface area contributed by atoms with E-state index < -0.39 is 0 Å². The van der Waals surface area contributed by atoms with Crippen LogP contribution in [0.2, 0.25) is 0 Å². The van der Waals surface area contributed by atoms with Crippen LogP contribution in [0.4, 0.5) is 34.1 Å². The van der Waals surface area contributed by atoms with Gasteiger partial charge in [0.15, 0.2) is 0 Å². The monoisotopic (exact) mass is 890 g/mol. The Labute approximate surface area is 404 Å². The Morgan fingerprint density at radius 3 is 1.09 bits per heavy atom. The third-order valence-corrected chi connectivity index (χ3v) is 14.7. The first-order valence-corrected chi connectivity index (χ1v) is 24.1. The zero-order valence-corrected chi connectivity index (χ0v) is 38.0. The molecule has 15 rings (SSSR count). The lowest BCUT2D eigenvalue weighted by Crippen LogP contribution is -2.14. The molecule has 326 valence electrons. The number of benzene rings is 13. The Hall–Kier alpha value is -9.38. The minimum atomic E-state index is 1.06. The maximum atomic E-state index is 2.50. The second-order valence-electron chi connectivity index (χ2n) is 18.5. The van der Waals surface area contributed by atoms with Crippen LogP contribution in [0.5, 0.6) is 0 Å². The van der Waals surface area contributed by atoms with Gasteiger partial charge in [-0.1, -0.05) is 164 Å². The van der Waals surface area contributed by atoms with Crippen molar-refractivity contribution in [3.05, 3.63) is 255 Å². The van der Waals surface area contributed by atoms with Gasteiger partial charge in [-0.25, -0.2) is 0 Å². The number of aromatic nitrogens is 2. The van der Waals surface area contributed by atoms with Crippen molar-refractivity contribution < 1.29 is 0 Å². The average molecular weight is 891 g/mol. The van der Waals surface area contributed by atoms with Crippen LogP contribution in [0.3, 0.4) is 0 Å². The topological polar surface area (TPSA) is 16.3 Å². The van der Waals surface area contributed by atoms with Crippen LogP contribution in [-0.4, -0.2) is 9.13 Å². The van der Waals surface area contributed by atoms with E-state index in [-0.39, 0.29) is 0 Å². The van der Waals surface area contributed by atoms with Crippen LogP contribution >= 0.6 is 0 Å². The molecule has 4 heteroatoms. The number of fused-ring (bicyclic) bond motifs is 2. The van der Waals surface area contributed by atoms with Crippen molar-refractivity contribution in [2.24, 2.45) is 0 Å². The van der Waals surface area contributed by atoms with Gasteiger partial charge in [-0.3, -0.25) is 0 Å². The fourth-order valence-corrected chi connectivity index (χ4v) is 11.8. The van der Waals surface area contributed by atoms with Crippen molar-refractivity contribution >= 4 is 121 Å². The molecular formula is C66H42N4. The summed E-state index contributed by atoms with van der Waals surface area (Å²) in [5, 5.41) is 14.7. The van der Waals surface area contributed by atoms with Crippen molar-refractivity contribution in [1.82, 2.24) is 9.13 Å². The van der Waals surface area contributed by atoms with Gasteiger partial charge >= 0.3 is 0 Å². The van der Waals surface area contributed by atoms with Crippen molar-refractivity contribution in [2.75, 3.05) is 9.80 Å². The summed E-state index contributed by atoms with van der Waals surface area (Å²) in [4.78, 5) is 5.00. The predicted molar refractivity (Wildman–Crippen MR) is 297 cm³/mol. The number of anilines is 6. The molecule has 15 aromatic rings. The number of para-hydroxylation sites is 2. The van der Waals surface area contributed by atoms with Crippen LogP contribution in [0.25, 0.3) is 98.1 Å². The highest BCUT2D eigenvalue weighted by molar-refractivity contribution is 6.28. The molecule has 0 atom stereocenters. The first kappa shape index (κ1) is 38.7. The van der Waals surface area contributed by atoms with E-state index >= 15 is 0 Å². The van der Waals surface area contributed by atoms with Crippen LogP contribution < -0.4 is 9.80 Å². The molecule has 0 amide bonds. The van der Waals surface area contributed by atoms with Gasteiger partial charge in [0.1, 0.15) is 0 Å². The van der Waals surface area contributed by atoms with Gasteiger partial charge in [0.05, 0.1) is 44.8 Å². The maximum absolute atomic E-state index is 2.50. The third kappa shape index (κ3) is 5.59. The van der Waals surface area contributed by atoms with E-state index in [9.17, 15) is 0 Å². The van der Waals surface area contributed by atoms with Gasteiger partial charge in [-0.15, -0.1) is 0 Å². The first-order valence-electron chi connectivity index (χ1n) is 24.1. The lowest BCUT2D eigenvalue weighted by atomic mass is 9.98. The molecule has 0 unspecified atom stereocenters. The molecule has 0 radical (unpaired) electrons. The Balaban J connectivity index is 1.01. The Bertz CT molecular complexity index is 4190. The van der Waals surface area contributed by atoms with Crippen molar-refractivity contribution in [3.63, 3.8) is 0 Å². The summed E-state index contributed by atoms with van der Waals surface area (Å²) in [6.07, 6.45) is 0. The second kappa shape index (κ2) is 15.1. The normalized spacial score (nSPS) is 12.0. The van der Waals surface area contributed by atoms with Crippen molar-refractivity contribution in [3.8, 4) is 11.4 Å². The standard InChI is InChI=1S/C66H42N4/c1-3-22-47(23-4-1)67-59-32-13-20-45-34-36-53-57(38-40-61(67)65(53)63(45)59)69(55-30-11-18-43-16-7-9-28-51(43)55)49-26-15-27-50(42-49)70(56-31-12-19-44-17-8-10-29-52(44)56)58-39-41-62-66-54(58)37-35-46-21-14-33-60(64(46)66)68(62)48-24-5-2-6-25-48/h1-42H. The molecule has 0 N–H and O–H groups in total. The lowest BCUT2D eigenvalue weighted by molar-refractivity contribution is 1.18. The molecule has 0 bridgehead atoms. The molecule has 2 aromatic heterocycles. The zero-order valence-electron chi connectivity index (χ0n) is 38.0. The molecule has 70 heavy (non-hydrogen) atoms. The molecule has 2 heterocycles. The van der Waals surface area contributed by atoms with Gasteiger partial charge in [-0.05, 0) is 113 Å². The molecule has 0 spiro atoms. The highest BCUT2D eigenvalue weighted by Crippen LogP contribution is 2.51. The summed E-state index contributed by atoms with van der Waals surface area (Å²) in [7, 11) is 0. The Morgan fingerprint density at radius 1 is 0.229 bits per heavy atom. The minimum absolute atomic E-state index is 1.06. The highest BCUT2D eigenvalue weighted by atomic mass is 15.2. The van der Waals surface area contributed by atoms with Crippen molar-refractivity contribution in [1.29, 1.82) is 0 Å². The Morgan fingerprint density at radius 2 is 0.600 bits per heavy atom. The van der Waals surface area contributed by atoms with Crippen LogP contribution in [0.15, 0.2) is 255 Å². The predicted octanol–water partition coefficient (Wildman–Crippen LogP) is 18.3. The van der Waals surface area contributed by atoms with Gasteiger partial charge in [0, 0.05) is 65.8 Å². The molecule has 0 saturated heterocycles. The average Bonchev–Trinajstić information content (AvgIpc) is 3.96. The number of hydrogen-bond donors (Lipinski definition) is 0. The van der Waals surface area contributed by atoms with E-state index in [1.807, 2.05) is 0 Å². The fraction of sp³-hybridized carbons (Fsp3) is 0. The third-order valence-electron chi connectivity index (χ3n) is 14.7. The van der Waals surface area contributed by atoms with Gasteiger partial charge in [0.2, 0.25) is 0 Å². The molecule has 0 aliphatic carbocycles. The number of rotatable bonds is 8. The zero-order chi connectivity index (χ0) is 45.9. The molecule has 0 fully saturated rings. The molecular weight excluding hydrogens is 849 g/mol. The summed E-state index contributed by atoms with van der Waals surface area (Å²) < 4.78 is 4.86. The summed E-state index contributed by atoms with van der Waals surface area (Å²) in [5.41, 5.74) is 13.7. The summed E-state index contributed by atoms with van der Waals surface area (Å²) in [5.74, 6) is 0. The van der Waals surface area contributed by atoms with E-state index in [1.54, 1.807) is 0 Å². The van der Waals surface area contributed by atoms with E-state index in [0.29, 0.717) is 0 Å². The number of nitrogens with zero attached hydrogens (tertiary/aromatic N) is 4. The molecule has 13 aromatic carbocycles. The summed E-state index contributed by atoms with van der Waals surface area (Å²) in [6, 6.07) is 93.7. The molecule has 4 nitrogen and oxygen atoms in total. The smallest absolute Gasteiger partial charge is 0.0548 e. The van der Waals surface area contributed by atoms with Crippen LogP contribution in [0.1, 0.15) is 0 Å². The summed E-state index contributed by atoms with van der Waals surface area (Å²) in [6.45, 7) is 0. The lowest BCUT2D eigenvalue weighted by Gasteiger charge is -2.31. The van der Waals surface area contributed by atoms with Crippen LogP contribution in [0, 0.1) is 0 Å². The van der Waals surface area contributed by atoms with Crippen molar-refractivity contribution in [2.45, 2.75) is 0 Å². The van der Waals surface area contributed by atoms with E-state index in [4.69, 9.17) is 0 Å². The Kier molecular flexibility index (Phi) is 8.33. The maximum Gasteiger partial charge on any atom is 0.0548 e. The first-order chi connectivity index (χ1) is 34.8. The van der Waals surface area contributed by atoms with Gasteiger partial charge < -0.3 is 18.9 Å². The van der Waals surface area contributed by atoms with Gasteiger partial charge in [0.25, 0.3) is 0 Å².